The summed E-state index contributed by atoms with van der Waals surface area (Å²) in [4.78, 5) is 65.4. The summed E-state index contributed by atoms with van der Waals surface area (Å²) in [5, 5.41) is 12.5. The molecule has 2 heterocycles. The van der Waals surface area contributed by atoms with Gasteiger partial charge >= 0.3 is 29.8 Å². The van der Waals surface area contributed by atoms with Gasteiger partial charge in [0.25, 0.3) is 0 Å². The van der Waals surface area contributed by atoms with Crippen LogP contribution in [0.15, 0.2) is 65.8 Å². The summed E-state index contributed by atoms with van der Waals surface area (Å²) in [6.45, 7) is 15.2. The Balaban J connectivity index is 2.11. The number of benzene rings is 1. The lowest BCUT2D eigenvalue weighted by molar-refractivity contribution is -0.285. The molecule has 0 aromatic heterocycles. The van der Waals surface area contributed by atoms with Crippen LogP contribution in [-0.2, 0) is 47.6 Å². The van der Waals surface area contributed by atoms with E-state index in [1.165, 1.54) is 26.8 Å². The van der Waals surface area contributed by atoms with Gasteiger partial charge in [-0.1, -0.05) is 64.1 Å². The molecule has 0 unspecified atom stereocenters. The molecule has 1 aliphatic carbocycles. The van der Waals surface area contributed by atoms with Gasteiger partial charge < -0.3 is 33.5 Å². The molecule has 0 spiro atoms. The Bertz CT molecular complexity index is 1610. The molecule has 272 valence electrons. The van der Waals surface area contributed by atoms with E-state index >= 15 is 0 Å². The number of hydrogen-bond donors (Lipinski definition) is 1. The minimum absolute atomic E-state index is 0.0422. The molecule has 3 aliphatic rings. The fourth-order valence-electron chi connectivity index (χ4n) is 7.21. The van der Waals surface area contributed by atoms with Gasteiger partial charge in [-0.15, -0.1) is 0 Å². The highest BCUT2D eigenvalue weighted by Crippen LogP contribution is 2.55. The molecule has 1 aromatic carbocycles. The van der Waals surface area contributed by atoms with Crippen LogP contribution in [0.25, 0.3) is 0 Å². The molecule has 1 aromatic rings. The maximum Gasteiger partial charge on any atom is 0.338 e. The van der Waals surface area contributed by atoms with E-state index in [9.17, 15) is 29.1 Å². The average Bonchev–Trinajstić information content (AvgIpc) is 3.39. The molecule has 1 N–H and O–H groups in total. The predicted molar refractivity (Wildman–Crippen MR) is 179 cm³/mol. The second-order valence-electron chi connectivity index (χ2n) is 14.2. The minimum Gasteiger partial charge on any atom is -0.457 e. The Hall–Kier alpha value is -4.29. The lowest BCUT2D eigenvalue weighted by Crippen LogP contribution is -2.56. The van der Waals surface area contributed by atoms with E-state index < -0.39 is 88.5 Å². The Morgan fingerprint density at radius 2 is 1.44 bits per heavy atom. The van der Waals surface area contributed by atoms with E-state index in [0.29, 0.717) is 0 Å². The van der Waals surface area contributed by atoms with Gasteiger partial charge in [0.15, 0.2) is 23.9 Å². The Morgan fingerprint density at radius 3 is 2.00 bits per heavy atom. The first-order chi connectivity index (χ1) is 23.2. The summed E-state index contributed by atoms with van der Waals surface area (Å²) in [6.07, 6.45) is 1.08. The van der Waals surface area contributed by atoms with Crippen LogP contribution in [0.1, 0.15) is 86.0 Å². The van der Waals surface area contributed by atoms with Gasteiger partial charge in [-0.25, -0.2) is 9.59 Å². The summed E-state index contributed by atoms with van der Waals surface area (Å²) in [6, 6.07) is 8.31. The first-order valence-corrected chi connectivity index (χ1v) is 16.7. The molecule has 2 fully saturated rings. The highest BCUT2D eigenvalue weighted by Gasteiger charge is 2.70. The normalized spacial score (nSPS) is 35.3. The van der Waals surface area contributed by atoms with Crippen molar-refractivity contribution >= 4 is 29.8 Å². The molecular weight excluding hydrogens is 648 g/mol. The van der Waals surface area contributed by atoms with E-state index in [1.54, 1.807) is 90.1 Å². The van der Waals surface area contributed by atoms with Crippen molar-refractivity contribution in [2.24, 2.45) is 17.3 Å². The van der Waals surface area contributed by atoms with Crippen molar-refractivity contribution in [3.05, 3.63) is 71.3 Å². The number of aliphatic hydroxyl groups is 1. The van der Waals surface area contributed by atoms with E-state index in [-0.39, 0.29) is 23.1 Å². The van der Waals surface area contributed by atoms with Crippen LogP contribution < -0.4 is 0 Å². The van der Waals surface area contributed by atoms with Crippen LogP contribution in [0.5, 0.6) is 0 Å². The number of hydrogen-bond acceptors (Lipinski definition) is 12. The smallest absolute Gasteiger partial charge is 0.338 e. The number of carbonyl (C=O) groups is 5. The zero-order valence-corrected chi connectivity index (χ0v) is 30.3. The van der Waals surface area contributed by atoms with Gasteiger partial charge in [0.05, 0.1) is 5.56 Å². The molecule has 2 aliphatic heterocycles. The van der Waals surface area contributed by atoms with E-state index in [4.69, 9.17) is 28.4 Å². The highest BCUT2D eigenvalue weighted by atomic mass is 16.7. The van der Waals surface area contributed by atoms with Gasteiger partial charge in [0, 0.05) is 55.6 Å². The van der Waals surface area contributed by atoms with Crippen molar-refractivity contribution in [1.29, 1.82) is 0 Å². The molecule has 1 saturated carbocycles. The van der Waals surface area contributed by atoms with Crippen LogP contribution >= 0.6 is 0 Å². The quantitative estimate of drug-likeness (QED) is 0.177. The van der Waals surface area contributed by atoms with E-state index in [2.05, 4.69) is 0 Å². The minimum atomic E-state index is -2.32. The number of fused-ring (bicyclic) bond motifs is 3. The number of carbonyl (C=O) groups excluding carboxylic acids is 5. The second kappa shape index (κ2) is 14.1. The summed E-state index contributed by atoms with van der Waals surface area (Å²) < 4.78 is 36.7. The largest absolute Gasteiger partial charge is 0.457 e. The van der Waals surface area contributed by atoms with Crippen molar-refractivity contribution in [2.45, 2.75) is 117 Å². The van der Waals surface area contributed by atoms with Crippen molar-refractivity contribution in [2.75, 3.05) is 0 Å². The topological polar surface area (TPSA) is 161 Å². The van der Waals surface area contributed by atoms with Gasteiger partial charge in [-0.05, 0) is 39.0 Å². The molecule has 12 nitrogen and oxygen atoms in total. The second-order valence-corrected chi connectivity index (χ2v) is 14.2. The third kappa shape index (κ3) is 7.14. The zero-order chi connectivity index (χ0) is 37.4. The van der Waals surface area contributed by atoms with Crippen molar-refractivity contribution < 1.29 is 57.5 Å². The molecule has 1 saturated heterocycles. The molecular formula is C38H48O12. The summed E-state index contributed by atoms with van der Waals surface area (Å²) in [5.41, 5.74) is -4.25. The Morgan fingerprint density at radius 1 is 0.840 bits per heavy atom. The predicted octanol–water partition coefficient (Wildman–Crippen LogP) is 4.93. The Kier molecular flexibility index (Phi) is 10.9. The third-order valence-corrected chi connectivity index (χ3v) is 9.80. The lowest BCUT2D eigenvalue weighted by Gasteiger charge is -2.41. The molecule has 2 bridgehead atoms. The lowest BCUT2D eigenvalue weighted by atomic mass is 9.75. The van der Waals surface area contributed by atoms with Crippen molar-refractivity contribution in [3.8, 4) is 0 Å². The van der Waals surface area contributed by atoms with Crippen LogP contribution in [-0.4, -0.2) is 76.4 Å². The Labute approximate surface area is 292 Å². The summed E-state index contributed by atoms with van der Waals surface area (Å²) in [5.74, 6) is -7.08. The first-order valence-electron chi connectivity index (χ1n) is 16.7. The molecule has 50 heavy (non-hydrogen) atoms. The van der Waals surface area contributed by atoms with E-state index in [0.717, 1.165) is 6.92 Å². The maximum absolute atomic E-state index is 13.6. The molecule has 0 radical (unpaired) electrons. The number of ether oxygens (including phenoxy) is 6. The number of allylic oxidation sites excluding steroid dienone is 1. The average molecular weight is 697 g/mol. The third-order valence-electron chi connectivity index (χ3n) is 9.80. The van der Waals surface area contributed by atoms with Crippen LogP contribution in [0.4, 0.5) is 0 Å². The molecule has 0 amide bonds. The SMILES string of the molecule is C/C=C(\C)C(=O)O[C@@H]1[C@H](OC(C)=O)[C@]2(O)O[C@@]1(C)C=C1[C@@H](OC(=O)c3ccccc3)[C@@H](C)C[C@]1(OC(C)=O)[C@@H](OC(C)=O)[C@H](C)/C=C\C2(C)C. The van der Waals surface area contributed by atoms with Gasteiger partial charge in [-0.3, -0.25) is 14.4 Å². The van der Waals surface area contributed by atoms with Crippen molar-refractivity contribution in [3.63, 3.8) is 0 Å². The van der Waals surface area contributed by atoms with E-state index in [1.807, 2.05) is 0 Å². The number of esters is 5. The standard InChI is InChI=1S/C38H48O12/c1-11-21(2)33(42)48-31-32(46-25(6)40)38(44)35(8,9)18-17-22(3)30(45-24(5)39)37(49-26(7)41)19-23(4)29(28(37)20-36(31,10)50-38)47-34(43)27-15-13-12-14-16-27/h11-18,20,22-23,29-32,44H,19H2,1-10H3/b18-17-,21-11+,28-20?/t22-,23+,29+,30+,31-,32+,36+,37-,38+/m1/s1. The summed E-state index contributed by atoms with van der Waals surface area (Å²) in [7, 11) is 0. The van der Waals surface area contributed by atoms with Gasteiger partial charge in [-0.2, -0.15) is 0 Å². The van der Waals surface area contributed by atoms with Gasteiger partial charge in [0.2, 0.25) is 5.79 Å². The van der Waals surface area contributed by atoms with Crippen molar-refractivity contribution in [1.82, 2.24) is 0 Å². The fourth-order valence-corrected chi connectivity index (χ4v) is 7.21. The summed E-state index contributed by atoms with van der Waals surface area (Å²) >= 11 is 0. The monoisotopic (exact) mass is 696 g/mol. The van der Waals surface area contributed by atoms with Crippen LogP contribution in [0.2, 0.25) is 0 Å². The molecule has 9 atom stereocenters. The molecule has 4 rings (SSSR count). The highest BCUT2D eigenvalue weighted by molar-refractivity contribution is 5.90. The molecule has 12 heteroatoms. The first kappa shape index (κ1) is 38.5. The van der Waals surface area contributed by atoms with Gasteiger partial charge in [0.1, 0.15) is 11.7 Å². The fraction of sp³-hybridized carbons (Fsp3) is 0.553. The number of rotatable bonds is 7. The zero-order valence-electron chi connectivity index (χ0n) is 30.3. The maximum atomic E-state index is 13.6. The van der Waals surface area contributed by atoms with Crippen LogP contribution in [0.3, 0.4) is 0 Å². The van der Waals surface area contributed by atoms with Crippen LogP contribution in [0, 0.1) is 17.3 Å².